The third kappa shape index (κ3) is 5.82. The Labute approximate surface area is 263 Å². The van der Waals surface area contributed by atoms with Crippen LogP contribution in [-0.2, 0) is 26.1 Å². The summed E-state index contributed by atoms with van der Waals surface area (Å²) in [4.78, 5) is 16.7. The molecule has 0 saturated carbocycles. The van der Waals surface area contributed by atoms with Crippen molar-refractivity contribution < 1.29 is 41.0 Å². The number of ether oxygens (including phenoxy) is 2. The molecule has 0 unspecified atom stereocenters. The minimum atomic E-state index is -5.00. The number of fused-ring (bicyclic) bond motifs is 1. The number of nitrogens with one attached hydrogen (secondary N) is 2. The van der Waals surface area contributed by atoms with Gasteiger partial charge in [-0.25, -0.2) is 13.4 Å². The lowest BCUT2D eigenvalue weighted by atomic mass is 9.70. The molecular weight excluding hydrogens is 627 g/mol. The molecular formula is C31H34F3N5O6S. The summed E-state index contributed by atoms with van der Waals surface area (Å²) in [6.45, 7) is 6.59. The van der Waals surface area contributed by atoms with Crippen molar-refractivity contribution in [1.29, 1.82) is 10.8 Å². The molecule has 0 bridgehead atoms. The Kier molecular flexibility index (Phi) is 8.41. The monoisotopic (exact) mass is 661 g/mol. The molecule has 2 aromatic heterocycles. The highest BCUT2D eigenvalue weighted by atomic mass is 32.2. The SMILES string of the molecule is Cc1ccc([C@@H](c2ccn(C(=N)C(F)(F)F)c(=N)c2C)C(C)(C)C(=O)O)cc1CN1C[C@]2(CCOC2)Oc2ncccc2S1(=O)=O. The summed E-state index contributed by atoms with van der Waals surface area (Å²) in [7, 11) is -4.11. The minimum Gasteiger partial charge on any atom is -0.481 e. The van der Waals surface area contributed by atoms with E-state index in [4.69, 9.17) is 20.3 Å². The Morgan fingerprint density at radius 2 is 1.91 bits per heavy atom. The van der Waals surface area contributed by atoms with Crippen LogP contribution in [0.2, 0.25) is 0 Å². The Bertz CT molecular complexity index is 1880. The molecule has 0 aliphatic carbocycles. The van der Waals surface area contributed by atoms with Gasteiger partial charge in [-0.1, -0.05) is 18.2 Å². The first-order valence-corrected chi connectivity index (χ1v) is 15.8. The van der Waals surface area contributed by atoms with Gasteiger partial charge in [-0.2, -0.15) is 17.5 Å². The van der Waals surface area contributed by atoms with E-state index in [1.807, 2.05) is 0 Å². The van der Waals surface area contributed by atoms with Gasteiger partial charge in [-0.15, -0.1) is 0 Å². The van der Waals surface area contributed by atoms with Crippen molar-refractivity contribution in [3.05, 3.63) is 82.1 Å². The number of aliphatic carboxylic acids is 1. The van der Waals surface area contributed by atoms with Crippen LogP contribution in [0.1, 0.15) is 54.0 Å². The number of aryl methyl sites for hydroxylation is 1. The molecule has 11 nitrogen and oxygen atoms in total. The molecule has 3 N–H and O–H groups in total. The van der Waals surface area contributed by atoms with Crippen LogP contribution < -0.4 is 10.2 Å². The molecule has 1 spiro atoms. The van der Waals surface area contributed by atoms with Crippen LogP contribution in [-0.4, -0.2) is 70.7 Å². The van der Waals surface area contributed by atoms with Crippen LogP contribution in [0.5, 0.6) is 5.88 Å². The number of carboxylic acid groups (broad SMARTS) is 1. The average molecular weight is 662 g/mol. The number of halogens is 3. The van der Waals surface area contributed by atoms with Crippen LogP contribution in [0, 0.1) is 30.1 Å². The number of rotatable bonds is 6. The van der Waals surface area contributed by atoms with Crippen molar-refractivity contribution in [3.8, 4) is 5.88 Å². The number of nitrogens with zero attached hydrogens (tertiary/aromatic N) is 3. The lowest BCUT2D eigenvalue weighted by molar-refractivity contribution is -0.147. The fraction of sp³-hybridized carbons (Fsp3) is 0.419. The summed E-state index contributed by atoms with van der Waals surface area (Å²) in [6, 6.07) is 9.37. The van der Waals surface area contributed by atoms with E-state index in [9.17, 15) is 31.5 Å². The fourth-order valence-electron chi connectivity index (χ4n) is 6.01. The Morgan fingerprint density at radius 1 is 1.20 bits per heavy atom. The maximum Gasteiger partial charge on any atom is 0.449 e. The van der Waals surface area contributed by atoms with E-state index in [-0.39, 0.29) is 41.6 Å². The zero-order valence-electron chi connectivity index (χ0n) is 25.6. The van der Waals surface area contributed by atoms with Crippen molar-refractivity contribution in [3.63, 3.8) is 0 Å². The highest BCUT2D eigenvalue weighted by Gasteiger charge is 2.47. The van der Waals surface area contributed by atoms with Gasteiger partial charge >= 0.3 is 12.1 Å². The van der Waals surface area contributed by atoms with Crippen LogP contribution in [0.4, 0.5) is 13.2 Å². The molecule has 4 heterocycles. The largest absolute Gasteiger partial charge is 0.481 e. The summed E-state index contributed by atoms with van der Waals surface area (Å²) < 4.78 is 81.4. The second-order valence-electron chi connectivity index (χ2n) is 12.3. The summed E-state index contributed by atoms with van der Waals surface area (Å²) in [5.41, 5.74) is -0.977. The Hall–Kier alpha value is -4.08. The van der Waals surface area contributed by atoms with Gasteiger partial charge in [0.1, 0.15) is 16.0 Å². The van der Waals surface area contributed by atoms with Gasteiger partial charge < -0.3 is 14.6 Å². The number of hydrogen-bond donors (Lipinski definition) is 3. The molecule has 5 rings (SSSR count). The predicted molar refractivity (Wildman–Crippen MR) is 159 cm³/mol. The molecule has 3 aromatic rings. The van der Waals surface area contributed by atoms with Gasteiger partial charge in [0, 0.05) is 31.3 Å². The van der Waals surface area contributed by atoms with E-state index in [1.165, 1.54) is 49.5 Å². The maximum atomic E-state index is 14.0. The van der Waals surface area contributed by atoms with E-state index < -0.39 is 50.4 Å². The molecule has 15 heteroatoms. The number of carbonyl (C=O) groups is 1. The van der Waals surface area contributed by atoms with E-state index in [1.54, 1.807) is 25.1 Å². The van der Waals surface area contributed by atoms with E-state index in [0.717, 1.165) is 11.8 Å². The minimum absolute atomic E-state index is 0.00848. The third-order valence-corrected chi connectivity index (χ3v) is 10.6. The molecule has 1 aromatic carbocycles. The number of hydrogen-bond acceptors (Lipinski definition) is 8. The topological polar surface area (TPSA) is 159 Å². The maximum absolute atomic E-state index is 14.0. The lowest BCUT2D eigenvalue weighted by Gasteiger charge is -2.34. The zero-order valence-corrected chi connectivity index (χ0v) is 26.4. The number of aromatic nitrogens is 2. The molecule has 2 aliphatic heterocycles. The van der Waals surface area contributed by atoms with Crippen molar-refractivity contribution in [2.75, 3.05) is 19.8 Å². The first-order valence-electron chi connectivity index (χ1n) is 14.4. The van der Waals surface area contributed by atoms with Gasteiger partial charge in [0.2, 0.25) is 21.7 Å². The summed E-state index contributed by atoms with van der Waals surface area (Å²) in [6.07, 6.45) is -2.16. The molecule has 2 atom stereocenters. The Morgan fingerprint density at radius 3 is 2.54 bits per heavy atom. The lowest BCUT2D eigenvalue weighted by Crippen LogP contribution is -2.47. The van der Waals surface area contributed by atoms with Gasteiger partial charge in [-0.3, -0.25) is 20.2 Å². The zero-order chi connectivity index (χ0) is 33.8. The van der Waals surface area contributed by atoms with Crippen LogP contribution in [0.15, 0.2) is 53.7 Å². The fourth-order valence-corrected chi connectivity index (χ4v) is 7.57. The molecule has 0 radical (unpaired) electrons. The number of pyridine rings is 2. The number of sulfonamides is 1. The standard InChI is InChI=1S/C31H34F3N5O6S/c1-18-7-8-20(24(29(3,4)28(40)41)22-9-12-39(25(35)19(22)2)27(36)31(32,33)34)14-21(18)15-38-16-30(10-13-44-17-30)45-26-23(46(38,42)43)6-5-11-37-26/h5-9,11-12,14,24,35-36H,10,13,15-17H2,1-4H3,(H,40,41)/t24-,30-/m0/s1. The van der Waals surface area contributed by atoms with Gasteiger partial charge in [0.25, 0.3) is 0 Å². The van der Waals surface area contributed by atoms with Crippen molar-refractivity contribution in [2.24, 2.45) is 5.41 Å². The molecule has 46 heavy (non-hydrogen) atoms. The Balaban J connectivity index is 1.62. The van der Waals surface area contributed by atoms with Crippen molar-refractivity contribution in [2.45, 2.75) is 63.3 Å². The highest BCUT2D eigenvalue weighted by Crippen LogP contribution is 2.43. The first kappa shape index (κ1) is 33.3. The number of benzene rings is 1. The summed E-state index contributed by atoms with van der Waals surface area (Å²) in [5.74, 6) is -3.91. The summed E-state index contributed by atoms with van der Waals surface area (Å²) in [5, 5.41) is 26.3. The van der Waals surface area contributed by atoms with E-state index in [2.05, 4.69) is 4.98 Å². The summed E-state index contributed by atoms with van der Waals surface area (Å²) >= 11 is 0. The smallest absolute Gasteiger partial charge is 0.449 e. The second-order valence-corrected chi connectivity index (χ2v) is 14.2. The van der Waals surface area contributed by atoms with Crippen molar-refractivity contribution in [1.82, 2.24) is 13.9 Å². The number of carboxylic acids is 1. The van der Waals surface area contributed by atoms with Crippen LogP contribution in [0.3, 0.4) is 0 Å². The molecule has 1 saturated heterocycles. The molecule has 1 fully saturated rings. The second kappa shape index (κ2) is 11.6. The third-order valence-electron chi connectivity index (χ3n) is 8.78. The number of alkyl halides is 3. The van der Waals surface area contributed by atoms with Crippen LogP contribution >= 0.6 is 0 Å². The molecule has 2 aliphatic rings. The quantitative estimate of drug-likeness (QED) is 0.262. The highest BCUT2D eigenvalue weighted by molar-refractivity contribution is 7.89. The normalized spacial score (nSPS) is 20.5. The van der Waals surface area contributed by atoms with E-state index >= 15 is 0 Å². The van der Waals surface area contributed by atoms with Crippen molar-refractivity contribution >= 4 is 21.8 Å². The molecule has 246 valence electrons. The van der Waals surface area contributed by atoms with Crippen LogP contribution in [0.25, 0.3) is 0 Å². The predicted octanol–water partition coefficient (Wildman–Crippen LogP) is 4.35. The average Bonchev–Trinajstić information content (AvgIpc) is 3.40. The first-order chi connectivity index (χ1) is 21.4. The van der Waals surface area contributed by atoms with Gasteiger partial charge in [0.05, 0.1) is 25.2 Å². The van der Waals surface area contributed by atoms with E-state index in [0.29, 0.717) is 28.7 Å². The van der Waals surface area contributed by atoms with Gasteiger partial charge in [-0.05, 0) is 73.7 Å². The molecule has 0 amide bonds. The van der Waals surface area contributed by atoms with Gasteiger partial charge in [0.15, 0.2) is 0 Å².